The summed E-state index contributed by atoms with van der Waals surface area (Å²) >= 11 is 0. The van der Waals surface area contributed by atoms with E-state index in [1.54, 1.807) is 0 Å². The van der Waals surface area contributed by atoms with Crippen LogP contribution in [0.1, 0.15) is 36.1 Å². The van der Waals surface area contributed by atoms with Gasteiger partial charge < -0.3 is 14.8 Å². The van der Waals surface area contributed by atoms with Gasteiger partial charge in [-0.2, -0.15) is 4.31 Å². The van der Waals surface area contributed by atoms with Gasteiger partial charge in [-0.15, -0.1) is 0 Å². The lowest BCUT2D eigenvalue weighted by molar-refractivity contribution is -0.121. The lowest BCUT2D eigenvalue weighted by Crippen LogP contribution is -2.39. The molecular weight excluding hydrogens is 404 g/mol. The van der Waals surface area contributed by atoms with Gasteiger partial charge >= 0.3 is 0 Å². The van der Waals surface area contributed by atoms with Gasteiger partial charge in [0, 0.05) is 13.1 Å². The summed E-state index contributed by atoms with van der Waals surface area (Å²) in [6.45, 7) is 5.71. The number of rotatable bonds is 9. The SMILES string of the molecule is CCC(NC(=O)CN(C)S(=O)(=O)c1ccc(OC)c(OC)c1)c1ccc(C)cc1C. The minimum absolute atomic E-state index is 0.0249. The zero-order chi connectivity index (χ0) is 22.5. The van der Waals surface area contributed by atoms with Crippen LogP contribution >= 0.6 is 0 Å². The van der Waals surface area contributed by atoms with Crippen LogP contribution in [0.15, 0.2) is 41.3 Å². The van der Waals surface area contributed by atoms with Crippen LogP contribution in [0.4, 0.5) is 0 Å². The van der Waals surface area contributed by atoms with Crippen molar-refractivity contribution in [2.75, 3.05) is 27.8 Å². The summed E-state index contributed by atoms with van der Waals surface area (Å²) in [7, 11) is 0.412. The van der Waals surface area contributed by atoms with Gasteiger partial charge in [0.05, 0.1) is 31.7 Å². The van der Waals surface area contributed by atoms with Crippen LogP contribution in [0, 0.1) is 13.8 Å². The van der Waals surface area contributed by atoms with Crippen LogP contribution in [0.2, 0.25) is 0 Å². The fourth-order valence-corrected chi connectivity index (χ4v) is 4.44. The number of hydrogen-bond donors (Lipinski definition) is 1. The quantitative estimate of drug-likeness (QED) is 0.655. The lowest BCUT2D eigenvalue weighted by Gasteiger charge is -2.22. The smallest absolute Gasteiger partial charge is 0.243 e. The molecular formula is C22H30N2O5S. The van der Waals surface area contributed by atoms with Crippen molar-refractivity contribution in [3.63, 3.8) is 0 Å². The maximum atomic E-state index is 12.9. The Morgan fingerprint density at radius 2 is 1.73 bits per heavy atom. The maximum absolute atomic E-state index is 12.9. The van der Waals surface area contributed by atoms with Crippen LogP contribution < -0.4 is 14.8 Å². The van der Waals surface area contributed by atoms with Crippen LogP contribution in [0.5, 0.6) is 11.5 Å². The van der Waals surface area contributed by atoms with Gasteiger partial charge in [-0.1, -0.05) is 30.7 Å². The number of likely N-dealkylation sites (N-methyl/N-ethyl adjacent to an activating group) is 1. The fraction of sp³-hybridized carbons (Fsp3) is 0.409. The van der Waals surface area contributed by atoms with Crippen molar-refractivity contribution in [2.24, 2.45) is 0 Å². The van der Waals surface area contributed by atoms with Crippen LogP contribution in [0.25, 0.3) is 0 Å². The van der Waals surface area contributed by atoms with Gasteiger partial charge in [0.25, 0.3) is 0 Å². The van der Waals surface area contributed by atoms with Crippen molar-refractivity contribution < 1.29 is 22.7 Å². The van der Waals surface area contributed by atoms with Crippen LogP contribution in [-0.4, -0.2) is 46.4 Å². The highest BCUT2D eigenvalue weighted by atomic mass is 32.2. The monoisotopic (exact) mass is 434 g/mol. The third-order valence-electron chi connectivity index (χ3n) is 4.97. The summed E-state index contributed by atoms with van der Waals surface area (Å²) in [5, 5.41) is 2.95. The Kier molecular flexibility index (Phi) is 7.86. The summed E-state index contributed by atoms with van der Waals surface area (Å²) in [6.07, 6.45) is 0.696. The molecule has 1 N–H and O–H groups in total. The first kappa shape index (κ1) is 23.7. The molecule has 0 heterocycles. The van der Waals surface area contributed by atoms with E-state index >= 15 is 0 Å². The number of benzene rings is 2. The molecule has 0 spiro atoms. The lowest BCUT2D eigenvalue weighted by atomic mass is 9.97. The minimum atomic E-state index is -3.88. The highest BCUT2D eigenvalue weighted by Gasteiger charge is 2.25. The molecule has 30 heavy (non-hydrogen) atoms. The molecule has 0 fully saturated rings. The molecule has 164 valence electrons. The van der Waals surface area contributed by atoms with Crippen LogP contribution in [-0.2, 0) is 14.8 Å². The van der Waals surface area contributed by atoms with Crippen molar-refractivity contribution in [3.8, 4) is 11.5 Å². The van der Waals surface area contributed by atoms with Crippen LogP contribution in [0.3, 0.4) is 0 Å². The van der Waals surface area contributed by atoms with Gasteiger partial charge in [0.15, 0.2) is 11.5 Å². The van der Waals surface area contributed by atoms with Crippen molar-refractivity contribution in [2.45, 2.75) is 38.1 Å². The highest BCUT2D eigenvalue weighted by Crippen LogP contribution is 2.30. The predicted octanol–water partition coefficient (Wildman–Crippen LogP) is 3.21. The van der Waals surface area contributed by atoms with E-state index in [1.165, 1.54) is 39.5 Å². The number of carbonyl (C=O) groups is 1. The van der Waals surface area contributed by atoms with Crippen molar-refractivity contribution in [3.05, 3.63) is 53.1 Å². The number of nitrogens with zero attached hydrogens (tertiary/aromatic N) is 1. The number of carbonyl (C=O) groups excluding carboxylic acids is 1. The molecule has 2 rings (SSSR count). The summed E-state index contributed by atoms with van der Waals surface area (Å²) in [4.78, 5) is 12.6. The second kappa shape index (κ2) is 9.95. The number of ether oxygens (including phenoxy) is 2. The highest BCUT2D eigenvalue weighted by molar-refractivity contribution is 7.89. The molecule has 7 nitrogen and oxygen atoms in total. The molecule has 0 aliphatic carbocycles. The first-order valence-electron chi connectivity index (χ1n) is 9.68. The third-order valence-corrected chi connectivity index (χ3v) is 6.77. The number of aryl methyl sites for hydroxylation is 2. The molecule has 0 radical (unpaired) electrons. The maximum Gasteiger partial charge on any atom is 0.243 e. The minimum Gasteiger partial charge on any atom is -0.493 e. The summed E-state index contributed by atoms with van der Waals surface area (Å²) in [6, 6.07) is 10.2. The Hall–Kier alpha value is -2.58. The molecule has 8 heteroatoms. The van der Waals surface area contributed by atoms with E-state index in [0.717, 1.165) is 21.0 Å². The van der Waals surface area contributed by atoms with Crippen molar-refractivity contribution >= 4 is 15.9 Å². The topological polar surface area (TPSA) is 84.9 Å². The molecule has 1 atom stereocenters. The number of sulfonamides is 1. The van der Waals surface area contributed by atoms with E-state index in [4.69, 9.17) is 9.47 Å². The van der Waals surface area contributed by atoms with E-state index in [9.17, 15) is 13.2 Å². The standard InChI is InChI=1S/C22H30N2O5S/c1-7-19(18-10-8-15(2)12-16(18)3)23-22(25)14-24(4)30(26,27)17-9-11-20(28-5)21(13-17)29-6/h8-13,19H,7,14H2,1-6H3,(H,23,25). The van der Waals surface area contributed by atoms with Gasteiger partial charge in [-0.05, 0) is 43.5 Å². The van der Waals surface area contributed by atoms with Gasteiger partial charge in [0.2, 0.25) is 15.9 Å². The largest absolute Gasteiger partial charge is 0.493 e. The Labute approximate surface area is 179 Å². The molecule has 0 bridgehead atoms. The van der Waals surface area contributed by atoms with E-state index in [1.807, 2.05) is 32.9 Å². The average molecular weight is 435 g/mol. The first-order chi connectivity index (χ1) is 14.1. The van der Waals surface area contributed by atoms with E-state index in [-0.39, 0.29) is 23.4 Å². The normalized spacial score (nSPS) is 12.5. The number of hydrogen-bond acceptors (Lipinski definition) is 5. The predicted molar refractivity (Wildman–Crippen MR) is 116 cm³/mol. The summed E-state index contributed by atoms with van der Waals surface area (Å²) in [5.41, 5.74) is 3.27. The molecule has 2 aromatic carbocycles. The van der Waals surface area contributed by atoms with Gasteiger partial charge in [0.1, 0.15) is 0 Å². The third kappa shape index (κ3) is 5.31. The summed E-state index contributed by atoms with van der Waals surface area (Å²) in [5.74, 6) is 0.363. The van der Waals surface area contributed by atoms with Gasteiger partial charge in [-0.3, -0.25) is 4.79 Å². The number of methoxy groups -OCH3 is 2. The molecule has 0 aliphatic heterocycles. The Bertz CT molecular complexity index is 1000. The number of nitrogens with one attached hydrogen (secondary N) is 1. The second-order valence-electron chi connectivity index (χ2n) is 7.17. The Morgan fingerprint density at radius 3 is 2.30 bits per heavy atom. The molecule has 0 aliphatic rings. The van der Waals surface area contributed by atoms with E-state index in [2.05, 4.69) is 11.4 Å². The molecule has 0 saturated carbocycles. The zero-order valence-corrected chi connectivity index (χ0v) is 19.2. The Morgan fingerprint density at radius 1 is 1.07 bits per heavy atom. The zero-order valence-electron chi connectivity index (χ0n) is 18.4. The molecule has 1 unspecified atom stereocenters. The van der Waals surface area contributed by atoms with Gasteiger partial charge in [-0.25, -0.2) is 8.42 Å². The van der Waals surface area contributed by atoms with Crippen molar-refractivity contribution in [1.29, 1.82) is 0 Å². The molecule has 1 amide bonds. The average Bonchev–Trinajstić information content (AvgIpc) is 2.71. The van der Waals surface area contributed by atoms with Crippen molar-refractivity contribution in [1.82, 2.24) is 9.62 Å². The fourth-order valence-electron chi connectivity index (χ4n) is 3.30. The Balaban J connectivity index is 2.15. The first-order valence-corrected chi connectivity index (χ1v) is 11.1. The van der Waals surface area contributed by atoms with E-state index < -0.39 is 10.0 Å². The second-order valence-corrected chi connectivity index (χ2v) is 9.21. The van der Waals surface area contributed by atoms with E-state index in [0.29, 0.717) is 17.9 Å². The molecule has 0 saturated heterocycles. The molecule has 0 aromatic heterocycles. The molecule has 2 aromatic rings. The summed E-state index contributed by atoms with van der Waals surface area (Å²) < 4.78 is 37.2. The number of amides is 1.